The Kier molecular flexibility index (Phi) is 3.67. The third-order valence-electron chi connectivity index (χ3n) is 4.83. The molecule has 4 rings (SSSR count). The number of H-pyrrole nitrogens is 1. The van der Waals surface area contributed by atoms with Gasteiger partial charge in [-0.2, -0.15) is 5.10 Å². The topological polar surface area (TPSA) is 71.0 Å². The van der Waals surface area contributed by atoms with E-state index in [1.165, 1.54) is 11.1 Å². The molecule has 1 aromatic carbocycles. The van der Waals surface area contributed by atoms with Gasteiger partial charge in [-0.15, -0.1) is 0 Å². The zero-order valence-electron chi connectivity index (χ0n) is 14.3. The molecule has 6 heteroatoms. The Bertz CT molecular complexity index is 970. The first-order valence-corrected chi connectivity index (χ1v) is 8.50. The highest BCUT2D eigenvalue weighted by molar-refractivity contribution is 6.00. The monoisotopic (exact) mass is 336 g/mol. The molecule has 128 valence electrons. The van der Waals surface area contributed by atoms with Crippen molar-refractivity contribution in [2.75, 3.05) is 6.54 Å². The van der Waals surface area contributed by atoms with Crippen molar-refractivity contribution in [1.29, 1.82) is 0 Å². The van der Waals surface area contributed by atoms with E-state index in [9.17, 15) is 9.59 Å². The number of hydrogen-bond donors (Lipinski definition) is 1. The number of aromatic nitrogens is 3. The van der Waals surface area contributed by atoms with Gasteiger partial charge in [0.05, 0.1) is 11.1 Å². The van der Waals surface area contributed by atoms with E-state index in [0.717, 1.165) is 6.42 Å². The number of carbonyl (C=O) groups is 1. The second-order valence-electron chi connectivity index (χ2n) is 6.77. The minimum Gasteiger partial charge on any atom is -0.350 e. The summed E-state index contributed by atoms with van der Waals surface area (Å²) in [4.78, 5) is 27.0. The molecule has 0 saturated heterocycles. The summed E-state index contributed by atoms with van der Waals surface area (Å²) in [7, 11) is 0. The Labute approximate surface area is 145 Å². The highest BCUT2D eigenvalue weighted by atomic mass is 16.2. The zero-order chi connectivity index (χ0) is 17.6. The lowest BCUT2D eigenvalue weighted by Gasteiger charge is -2.29. The molecule has 1 amide bonds. The Morgan fingerprint density at radius 1 is 1.20 bits per heavy atom. The third kappa shape index (κ3) is 2.63. The van der Waals surface area contributed by atoms with Gasteiger partial charge in [0, 0.05) is 31.5 Å². The largest absolute Gasteiger partial charge is 0.350 e. The lowest BCUT2D eigenvalue weighted by molar-refractivity contribution is 0.0734. The van der Waals surface area contributed by atoms with Crippen LogP contribution in [-0.2, 0) is 13.0 Å². The summed E-state index contributed by atoms with van der Waals surface area (Å²) < 4.78 is 1.89. The van der Waals surface area contributed by atoms with E-state index < -0.39 is 0 Å². The molecule has 0 saturated carbocycles. The number of fused-ring (bicyclic) bond motifs is 2. The van der Waals surface area contributed by atoms with Crippen LogP contribution in [0.2, 0.25) is 0 Å². The van der Waals surface area contributed by atoms with Gasteiger partial charge in [0.15, 0.2) is 0 Å². The quantitative estimate of drug-likeness (QED) is 0.781. The summed E-state index contributed by atoms with van der Waals surface area (Å²) in [5.41, 5.74) is 3.59. The van der Waals surface area contributed by atoms with Crippen LogP contribution in [0.15, 0.2) is 41.5 Å². The van der Waals surface area contributed by atoms with Gasteiger partial charge in [0.2, 0.25) is 0 Å². The summed E-state index contributed by atoms with van der Waals surface area (Å²) in [6.07, 6.45) is 4.40. The number of carbonyl (C=O) groups excluding carboxylic acids is 1. The van der Waals surface area contributed by atoms with Crippen molar-refractivity contribution >= 4 is 5.91 Å². The Morgan fingerprint density at radius 3 is 2.72 bits per heavy atom. The number of aromatic amines is 1. The normalized spacial score (nSPS) is 14.1. The maximum absolute atomic E-state index is 13.2. The standard InChI is InChI=1S/C19H20N4O2/c1-12(2)23-10-15-17(20-21-18(15)24)16(11-23)19(25)22-8-7-13-5-3-4-6-14(13)9-22/h3-6,10-12H,7-9H2,1-2H3,(H,21,24). The number of amides is 1. The number of hydrogen-bond acceptors (Lipinski definition) is 3. The average Bonchev–Trinajstić information content (AvgIpc) is 3.01. The number of pyridine rings is 1. The van der Waals surface area contributed by atoms with E-state index in [0.29, 0.717) is 29.9 Å². The smallest absolute Gasteiger partial charge is 0.275 e. The van der Waals surface area contributed by atoms with Crippen molar-refractivity contribution in [3.8, 4) is 11.3 Å². The first-order valence-electron chi connectivity index (χ1n) is 8.50. The van der Waals surface area contributed by atoms with Crippen molar-refractivity contribution in [2.24, 2.45) is 0 Å². The van der Waals surface area contributed by atoms with Crippen molar-refractivity contribution < 1.29 is 4.79 Å². The Hall–Kier alpha value is -2.89. The molecule has 0 aliphatic carbocycles. The van der Waals surface area contributed by atoms with E-state index in [1.807, 2.05) is 35.4 Å². The fourth-order valence-corrected chi connectivity index (χ4v) is 3.35. The summed E-state index contributed by atoms with van der Waals surface area (Å²) in [6, 6.07) is 8.35. The van der Waals surface area contributed by atoms with E-state index in [1.54, 1.807) is 12.4 Å². The molecule has 0 atom stereocenters. The van der Waals surface area contributed by atoms with Crippen LogP contribution in [0.25, 0.3) is 11.3 Å². The SMILES string of the molecule is CC(C)n1cc(C(=O)N2CCc3ccccc3C2)c2n[nH]c(=O)c-2c1. The van der Waals surface area contributed by atoms with Crippen LogP contribution in [0.3, 0.4) is 0 Å². The molecular formula is C19H20N4O2. The van der Waals surface area contributed by atoms with E-state index in [2.05, 4.69) is 22.3 Å². The number of benzene rings is 1. The summed E-state index contributed by atoms with van der Waals surface area (Å²) in [5.74, 6) is -0.0824. The lowest BCUT2D eigenvalue weighted by atomic mass is 9.99. The molecule has 3 aliphatic heterocycles. The van der Waals surface area contributed by atoms with Crippen LogP contribution >= 0.6 is 0 Å². The van der Waals surface area contributed by atoms with Crippen LogP contribution in [0, 0.1) is 0 Å². The molecule has 25 heavy (non-hydrogen) atoms. The van der Waals surface area contributed by atoms with E-state index >= 15 is 0 Å². The number of nitrogens with one attached hydrogen (secondary N) is 1. The third-order valence-corrected chi connectivity index (χ3v) is 4.83. The van der Waals surface area contributed by atoms with Crippen molar-refractivity contribution in [2.45, 2.75) is 32.9 Å². The second kappa shape index (κ2) is 5.88. The summed E-state index contributed by atoms with van der Waals surface area (Å²) in [6.45, 7) is 5.29. The molecule has 3 aliphatic rings. The van der Waals surface area contributed by atoms with Crippen LogP contribution in [0.5, 0.6) is 0 Å². The molecule has 0 unspecified atom stereocenters. The predicted molar refractivity (Wildman–Crippen MR) is 94.7 cm³/mol. The Morgan fingerprint density at radius 2 is 1.96 bits per heavy atom. The molecule has 0 spiro atoms. The highest BCUT2D eigenvalue weighted by Crippen LogP contribution is 2.26. The van der Waals surface area contributed by atoms with Crippen LogP contribution in [0.4, 0.5) is 0 Å². The van der Waals surface area contributed by atoms with Gasteiger partial charge in [-0.25, -0.2) is 5.10 Å². The van der Waals surface area contributed by atoms with E-state index in [-0.39, 0.29) is 17.5 Å². The molecular weight excluding hydrogens is 316 g/mol. The molecule has 0 fully saturated rings. The molecule has 1 aromatic rings. The zero-order valence-corrected chi connectivity index (χ0v) is 14.3. The predicted octanol–water partition coefficient (Wildman–Crippen LogP) is 2.46. The van der Waals surface area contributed by atoms with Gasteiger partial charge < -0.3 is 9.47 Å². The fraction of sp³-hybridized carbons (Fsp3) is 0.316. The first-order chi connectivity index (χ1) is 12.0. The molecule has 1 N–H and O–H groups in total. The van der Waals surface area contributed by atoms with Gasteiger partial charge in [-0.3, -0.25) is 9.59 Å². The highest BCUT2D eigenvalue weighted by Gasteiger charge is 2.27. The van der Waals surface area contributed by atoms with Crippen LogP contribution < -0.4 is 5.56 Å². The van der Waals surface area contributed by atoms with E-state index in [4.69, 9.17) is 0 Å². The minimum atomic E-state index is -0.261. The summed E-state index contributed by atoms with van der Waals surface area (Å²) in [5, 5.41) is 6.55. The molecule has 0 bridgehead atoms. The second-order valence-corrected chi connectivity index (χ2v) is 6.77. The van der Waals surface area contributed by atoms with Crippen molar-refractivity contribution in [3.63, 3.8) is 0 Å². The van der Waals surface area contributed by atoms with Crippen molar-refractivity contribution in [3.05, 3.63) is 63.7 Å². The minimum absolute atomic E-state index is 0.0824. The van der Waals surface area contributed by atoms with Crippen LogP contribution in [0.1, 0.15) is 41.4 Å². The Balaban J connectivity index is 1.74. The van der Waals surface area contributed by atoms with Gasteiger partial charge in [0.1, 0.15) is 5.69 Å². The molecule has 0 radical (unpaired) electrons. The lowest BCUT2D eigenvalue weighted by Crippen LogP contribution is -2.36. The number of rotatable bonds is 2. The molecule has 3 heterocycles. The van der Waals surface area contributed by atoms with Gasteiger partial charge >= 0.3 is 0 Å². The van der Waals surface area contributed by atoms with Gasteiger partial charge in [-0.05, 0) is 31.4 Å². The van der Waals surface area contributed by atoms with Crippen LogP contribution in [-0.4, -0.2) is 32.1 Å². The maximum atomic E-state index is 13.2. The first kappa shape index (κ1) is 15.6. The summed E-state index contributed by atoms with van der Waals surface area (Å²) >= 11 is 0. The van der Waals surface area contributed by atoms with Crippen molar-refractivity contribution in [1.82, 2.24) is 19.7 Å². The maximum Gasteiger partial charge on any atom is 0.275 e. The van der Waals surface area contributed by atoms with Gasteiger partial charge in [-0.1, -0.05) is 24.3 Å². The van der Waals surface area contributed by atoms with Gasteiger partial charge in [0.25, 0.3) is 11.5 Å². The average molecular weight is 336 g/mol. The number of nitrogens with zero attached hydrogens (tertiary/aromatic N) is 3. The molecule has 6 nitrogen and oxygen atoms in total. The molecule has 0 aromatic heterocycles. The fourth-order valence-electron chi connectivity index (χ4n) is 3.35.